The van der Waals surface area contributed by atoms with E-state index < -0.39 is 16.4 Å². The van der Waals surface area contributed by atoms with Crippen LogP contribution < -0.4 is 0 Å². The second kappa shape index (κ2) is 8.40. The van der Waals surface area contributed by atoms with E-state index in [1.54, 1.807) is 6.92 Å². The van der Waals surface area contributed by atoms with Gasteiger partial charge < -0.3 is 10.2 Å². The molecule has 0 bridgehead atoms. The molecule has 0 unspecified atom stereocenters. The van der Waals surface area contributed by atoms with Crippen LogP contribution in [-0.4, -0.2) is 36.2 Å². The number of phenolic OH excluding ortho intramolecular Hbond substituents is 2. The third kappa shape index (κ3) is 4.49. The van der Waals surface area contributed by atoms with Crippen molar-refractivity contribution in [3.05, 3.63) is 67.9 Å². The molecule has 0 saturated carbocycles. The molecule has 0 aliphatic carbocycles. The highest BCUT2D eigenvalue weighted by Gasteiger charge is 2.17. The fourth-order valence-electron chi connectivity index (χ4n) is 2.24. The zero-order valence-corrected chi connectivity index (χ0v) is 16.9. The molecule has 1 heterocycles. The number of nitrogens with zero attached hydrogens (tertiary/aromatic N) is 5. The average Bonchev–Trinajstić information content (AvgIpc) is 3.00. The zero-order valence-electron chi connectivity index (χ0n) is 14.5. The van der Waals surface area contributed by atoms with Gasteiger partial charge in [-0.05, 0) is 24.6 Å². The third-order valence-electron chi connectivity index (χ3n) is 3.68. The summed E-state index contributed by atoms with van der Waals surface area (Å²) < 4.78 is 2.47. The maximum absolute atomic E-state index is 11.0. The van der Waals surface area contributed by atoms with E-state index in [1.165, 1.54) is 22.7 Å². The van der Waals surface area contributed by atoms with Crippen LogP contribution in [0, 0.1) is 17.0 Å². The minimum absolute atomic E-state index is 0.0847. The number of hydrogen-bond donors (Lipinski definition) is 2. The maximum Gasteiger partial charge on any atom is 0.311 e. The summed E-state index contributed by atoms with van der Waals surface area (Å²) in [5.41, 5.74) is 0.655. The van der Waals surface area contributed by atoms with E-state index in [0.717, 1.165) is 22.2 Å². The molecule has 0 atom stereocenters. The van der Waals surface area contributed by atoms with Crippen LogP contribution in [0.25, 0.3) is 0 Å². The normalized spacial score (nSPS) is 11.2. The highest BCUT2D eigenvalue weighted by Crippen LogP contribution is 2.32. The van der Waals surface area contributed by atoms with E-state index in [-0.39, 0.29) is 11.3 Å². The Bertz CT molecular complexity index is 1050. The zero-order chi connectivity index (χ0) is 20.3. The molecule has 11 heteroatoms. The molecule has 0 aliphatic rings. The molecule has 0 radical (unpaired) electrons. The van der Waals surface area contributed by atoms with Crippen molar-refractivity contribution in [3.63, 3.8) is 0 Å². The molecule has 28 heavy (non-hydrogen) atoms. The van der Waals surface area contributed by atoms with E-state index in [0.29, 0.717) is 16.7 Å². The minimum atomic E-state index is -0.740. The Balaban J connectivity index is 1.83. The molecule has 144 valence electrons. The summed E-state index contributed by atoms with van der Waals surface area (Å²) in [6.45, 7) is 1.72. The number of halogens is 1. The molecule has 0 amide bonds. The lowest BCUT2D eigenvalue weighted by Gasteiger charge is -2.04. The second-order valence-electron chi connectivity index (χ2n) is 5.66. The fraction of sp³-hybridized carbons (Fsp3) is 0.118. The Kier molecular flexibility index (Phi) is 5.95. The van der Waals surface area contributed by atoms with Gasteiger partial charge in [-0.15, -0.1) is 10.2 Å². The van der Waals surface area contributed by atoms with Crippen molar-refractivity contribution < 1.29 is 15.1 Å². The van der Waals surface area contributed by atoms with Gasteiger partial charge in [0.25, 0.3) is 0 Å². The first-order valence-electron chi connectivity index (χ1n) is 7.89. The Hall–Kier alpha value is -2.92. The monoisotopic (exact) mass is 463 g/mol. The quantitative estimate of drug-likeness (QED) is 0.246. The predicted octanol–water partition coefficient (Wildman–Crippen LogP) is 3.84. The number of nitro groups is 1. The van der Waals surface area contributed by atoms with E-state index in [4.69, 9.17) is 0 Å². The van der Waals surface area contributed by atoms with Gasteiger partial charge in [0.1, 0.15) is 5.75 Å². The number of rotatable bonds is 6. The van der Waals surface area contributed by atoms with Gasteiger partial charge in [-0.3, -0.25) is 10.1 Å². The van der Waals surface area contributed by atoms with Crippen LogP contribution in [-0.2, 0) is 5.75 Å². The number of aryl methyl sites for hydroxylation is 1. The summed E-state index contributed by atoms with van der Waals surface area (Å²) >= 11 is 4.82. The summed E-state index contributed by atoms with van der Waals surface area (Å²) in [6, 6.07) is 9.82. The number of aromatic nitrogens is 3. The Labute approximate surface area is 172 Å². The third-order valence-corrected chi connectivity index (χ3v) is 5.20. The van der Waals surface area contributed by atoms with Crippen LogP contribution in [0.2, 0.25) is 0 Å². The van der Waals surface area contributed by atoms with Gasteiger partial charge >= 0.3 is 5.69 Å². The first-order chi connectivity index (χ1) is 13.3. The molecule has 0 saturated heterocycles. The number of benzene rings is 2. The second-order valence-corrected chi connectivity index (χ2v) is 7.52. The van der Waals surface area contributed by atoms with Crippen LogP contribution in [0.1, 0.15) is 17.0 Å². The molecule has 1 aromatic heterocycles. The SMILES string of the molecule is Cc1nnc(SCc2ccc(Br)cc2)n1/N=C/c1cc([N+](=O)[O-])c(O)cc1O. The van der Waals surface area contributed by atoms with Crippen molar-refractivity contribution in [2.75, 3.05) is 0 Å². The van der Waals surface area contributed by atoms with Crippen molar-refractivity contribution in [2.45, 2.75) is 17.8 Å². The van der Waals surface area contributed by atoms with Crippen molar-refractivity contribution in [3.8, 4) is 11.5 Å². The van der Waals surface area contributed by atoms with Crippen molar-refractivity contribution in [1.29, 1.82) is 0 Å². The summed E-state index contributed by atoms with van der Waals surface area (Å²) in [7, 11) is 0. The van der Waals surface area contributed by atoms with Gasteiger partial charge in [0.2, 0.25) is 5.16 Å². The van der Waals surface area contributed by atoms with E-state index in [9.17, 15) is 20.3 Å². The van der Waals surface area contributed by atoms with Gasteiger partial charge in [-0.1, -0.05) is 39.8 Å². The summed E-state index contributed by atoms with van der Waals surface area (Å²) in [6.07, 6.45) is 1.25. The highest BCUT2D eigenvalue weighted by atomic mass is 79.9. The van der Waals surface area contributed by atoms with Crippen LogP contribution in [0.3, 0.4) is 0 Å². The molecule has 2 aromatic carbocycles. The summed E-state index contributed by atoms with van der Waals surface area (Å²) in [5.74, 6) is 0.214. The molecular formula is C17H14BrN5O4S. The van der Waals surface area contributed by atoms with Crippen molar-refractivity contribution in [2.24, 2.45) is 5.10 Å². The van der Waals surface area contributed by atoms with Crippen molar-refractivity contribution in [1.82, 2.24) is 14.9 Å². The summed E-state index contributed by atoms with van der Waals surface area (Å²) in [5, 5.41) is 43.3. The van der Waals surface area contributed by atoms with Gasteiger partial charge in [-0.25, -0.2) is 0 Å². The van der Waals surface area contributed by atoms with Crippen LogP contribution in [0.5, 0.6) is 11.5 Å². The first kappa shape index (κ1) is 19.8. The van der Waals surface area contributed by atoms with Gasteiger partial charge in [0, 0.05) is 27.9 Å². The first-order valence-corrected chi connectivity index (χ1v) is 9.67. The average molecular weight is 464 g/mol. The van der Waals surface area contributed by atoms with Crippen LogP contribution >= 0.6 is 27.7 Å². The summed E-state index contributed by atoms with van der Waals surface area (Å²) in [4.78, 5) is 10.2. The molecule has 0 fully saturated rings. The smallest absolute Gasteiger partial charge is 0.311 e. The molecule has 9 nitrogen and oxygen atoms in total. The Morgan fingerprint density at radius 1 is 1.25 bits per heavy atom. The largest absolute Gasteiger partial charge is 0.507 e. The van der Waals surface area contributed by atoms with Crippen LogP contribution in [0.15, 0.2) is 51.1 Å². The number of nitro benzene ring substituents is 1. The fourth-order valence-corrected chi connectivity index (χ4v) is 3.39. The lowest BCUT2D eigenvalue weighted by molar-refractivity contribution is -0.385. The maximum atomic E-state index is 11.0. The lowest BCUT2D eigenvalue weighted by atomic mass is 10.2. The van der Waals surface area contributed by atoms with Crippen LogP contribution in [0.4, 0.5) is 5.69 Å². The number of thioether (sulfide) groups is 1. The molecule has 0 spiro atoms. The van der Waals surface area contributed by atoms with Gasteiger partial charge in [0.05, 0.1) is 11.1 Å². The van der Waals surface area contributed by atoms with E-state index in [2.05, 4.69) is 31.2 Å². The standard InChI is InChI=1S/C17H14BrN5O4S/c1-10-20-21-17(28-9-11-2-4-13(18)5-3-11)22(10)19-8-12-6-14(23(26)27)16(25)7-15(12)24/h2-8,24-25H,9H2,1H3/b19-8+. The number of phenols is 2. The number of aromatic hydroxyl groups is 2. The molecule has 3 rings (SSSR count). The number of hydrogen-bond acceptors (Lipinski definition) is 8. The lowest BCUT2D eigenvalue weighted by Crippen LogP contribution is -1.97. The molecule has 2 N–H and O–H groups in total. The van der Waals surface area contributed by atoms with Gasteiger partial charge in [0.15, 0.2) is 11.6 Å². The Morgan fingerprint density at radius 2 is 1.96 bits per heavy atom. The topological polar surface area (TPSA) is 127 Å². The highest BCUT2D eigenvalue weighted by molar-refractivity contribution is 9.10. The molecule has 0 aliphatic heterocycles. The molecular weight excluding hydrogens is 450 g/mol. The predicted molar refractivity (Wildman–Crippen MR) is 108 cm³/mol. The van der Waals surface area contributed by atoms with Crippen molar-refractivity contribution >= 4 is 39.6 Å². The van der Waals surface area contributed by atoms with Gasteiger partial charge in [-0.2, -0.15) is 9.78 Å². The van der Waals surface area contributed by atoms with E-state index in [1.807, 2.05) is 24.3 Å². The van der Waals surface area contributed by atoms with E-state index >= 15 is 0 Å². The minimum Gasteiger partial charge on any atom is -0.507 e. The molecule has 3 aromatic rings. The Morgan fingerprint density at radius 3 is 2.64 bits per heavy atom.